The molecule has 0 radical (unpaired) electrons. The van der Waals surface area contributed by atoms with Crippen molar-refractivity contribution in [3.63, 3.8) is 0 Å². The molecule has 2 aromatic rings. The highest BCUT2D eigenvalue weighted by molar-refractivity contribution is 5.94. The molecule has 0 saturated heterocycles. The van der Waals surface area contributed by atoms with E-state index in [4.69, 9.17) is 18.9 Å². The van der Waals surface area contributed by atoms with Gasteiger partial charge in [-0.25, -0.2) is 4.79 Å². The lowest BCUT2D eigenvalue weighted by molar-refractivity contribution is 0.0502. The maximum absolute atomic E-state index is 12.2. The molecule has 2 rings (SSSR count). The van der Waals surface area contributed by atoms with Crippen molar-refractivity contribution >= 4 is 24.3 Å². The zero-order valence-corrected chi connectivity index (χ0v) is 16.0. The van der Waals surface area contributed by atoms with E-state index in [1.54, 1.807) is 18.3 Å². The summed E-state index contributed by atoms with van der Waals surface area (Å²) >= 11 is 0. The van der Waals surface area contributed by atoms with Crippen molar-refractivity contribution < 1.29 is 28.5 Å². The third kappa shape index (κ3) is 5.75. The average molecular weight is 397 g/mol. The van der Waals surface area contributed by atoms with Gasteiger partial charge in [-0.2, -0.15) is 0 Å². The Morgan fingerprint density at radius 1 is 1.04 bits per heavy atom. The van der Waals surface area contributed by atoms with Gasteiger partial charge in [0.2, 0.25) is 5.75 Å². The van der Waals surface area contributed by atoms with Crippen molar-refractivity contribution in [2.24, 2.45) is 0 Å². The highest BCUT2D eigenvalue weighted by atomic mass is 35.5. The summed E-state index contributed by atoms with van der Waals surface area (Å²) in [5.41, 5.74) is 0.682. The van der Waals surface area contributed by atoms with Gasteiger partial charge in [-0.15, -0.1) is 12.4 Å². The average Bonchev–Trinajstić information content (AvgIpc) is 2.70. The number of hydrogen-bond donors (Lipinski definition) is 1. The zero-order chi connectivity index (χ0) is 18.9. The lowest BCUT2D eigenvalue weighted by Gasteiger charge is -2.14. The SMILES string of the molecule is COc1cc(C(=O)OCCNC(=O)c2cccnc2)cc(OC)c1OC.Cl. The number of amides is 1. The van der Waals surface area contributed by atoms with Crippen LogP contribution in [0.15, 0.2) is 36.7 Å². The number of pyridine rings is 1. The molecule has 1 aromatic carbocycles. The Kier molecular flexibility index (Phi) is 8.87. The van der Waals surface area contributed by atoms with Crippen LogP contribution in [0.1, 0.15) is 20.7 Å². The third-order valence-electron chi connectivity index (χ3n) is 3.44. The number of methoxy groups -OCH3 is 3. The van der Waals surface area contributed by atoms with E-state index in [1.165, 1.54) is 39.7 Å². The molecule has 0 aliphatic rings. The summed E-state index contributed by atoms with van der Waals surface area (Å²) in [4.78, 5) is 27.9. The number of nitrogens with one attached hydrogen (secondary N) is 1. The number of nitrogens with zero attached hydrogens (tertiary/aromatic N) is 1. The fraction of sp³-hybridized carbons (Fsp3) is 0.278. The van der Waals surface area contributed by atoms with E-state index in [9.17, 15) is 9.59 Å². The Morgan fingerprint density at radius 3 is 2.22 bits per heavy atom. The number of esters is 1. The van der Waals surface area contributed by atoms with Crippen LogP contribution in [0, 0.1) is 0 Å². The molecule has 1 aromatic heterocycles. The maximum Gasteiger partial charge on any atom is 0.338 e. The summed E-state index contributed by atoms with van der Waals surface area (Å²) in [5, 5.41) is 2.64. The number of rotatable bonds is 8. The van der Waals surface area contributed by atoms with Gasteiger partial charge in [-0.1, -0.05) is 0 Å². The van der Waals surface area contributed by atoms with Crippen LogP contribution < -0.4 is 19.5 Å². The molecular weight excluding hydrogens is 376 g/mol. The lowest BCUT2D eigenvalue weighted by atomic mass is 10.2. The molecule has 0 aliphatic heterocycles. The topological polar surface area (TPSA) is 96.0 Å². The number of halogens is 1. The van der Waals surface area contributed by atoms with Crippen LogP contribution in [0.2, 0.25) is 0 Å². The molecule has 1 heterocycles. The fourth-order valence-electron chi connectivity index (χ4n) is 2.19. The molecule has 8 nitrogen and oxygen atoms in total. The molecule has 9 heteroatoms. The second-order valence-corrected chi connectivity index (χ2v) is 5.05. The van der Waals surface area contributed by atoms with Crippen LogP contribution in [0.5, 0.6) is 17.2 Å². The van der Waals surface area contributed by atoms with E-state index in [-0.39, 0.29) is 37.0 Å². The van der Waals surface area contributed by atoms with Gasteiger partial charge in [-0.3, -0.25) is 9.78 Å². The first-order valence-corrected chi connectivity index (χ1v) is 7.76. The molecule has 0 saturated carbocycles. The number of carbonyl (C=O) groups is 2. The van der Waals surface area contributed by atoms with Crippen LogP contribution >= 0.6 is 12.4 Å². The summed E-state index contributed by atoms with van der Waals surface area (Å²) in [6.07, 6.45) is 3.03. The van der Waals surface area contributed by atoms with Gasteiger partial charge >= 0.3 is 5.97 Å². The Bertz CT molecular complexity index is 745. The summed E-state index contributed by atoms with van der Waals surface area (Å²) in [7, 11) is 4.39. The molecule has 0 unspecified atom stereocenters. The molecule has 0 bridgehead atoms. The highest BCUT2D eigenvalue weighted by Crippen LogP contribution is 2.38. The predicted molar refractivity (Wildman–Crippen MR) is 100 cm³/mol. The Labute approximate surface area is 163 Å². The fourth-order valence-corrected chi connectivity index (χ4v) is 2.19. The van der Waals surface area contributed by atoms with E-state index in [0.717, 1.165) is 0 Å². The number of carbonyl (C=O) groups excluding carboxylic acids is 2. The monoisotopic (exact) mass is 396 g/mol. The Hall–Kier alpha value is -3.00. The van der Waals surface area contributed by atoms with E-state index >= 15 is 0 Å². The number of hydrogen-bond acceptors (Lipinski definition) is 7. The minimum absolute atomic E-state index is 0. The van der Waals surface area contributed by atoms with E-state index < -0.39 is 5.97 Å². The van der Waals surface area contributed by atoms with Gasteiger partial charge in [0.1, 0.15) is 6.61 Å². The molecule has 0 fully saturated rings. The van der Waals surface area contributed by atoms with E-state index in [0.29, 0.717) is 22.8 Å². The van der Waals surface area contributed by atoms with Crippen molar-refractivity contribution in [1.29, 1.82) is 0 Å². The summed E-state index contributed by atoms with van der Waals surface area (Å²) in [6, 6.07) is 6.31. The highest BCUT2D eigenvalue weighted by Gasteiger charge is 2.17. The number of benzene rings is 1. The minimum Gasteiger partial charge on any atom is -0.493 e. The normalized spacial score (nSPS) is 9.59. The van der Waals surface area contributed by atoms with E-state index in [1.807, 2.05) is 0 Å². The van der Waals surface area contributed by atoms with Crippen LogP contribution in [0.4, 0.5) is 0 Å². The smallest absolute Gasteiger partial charge is 0.338 e. The molecular formula is C18H21ClN2O6. The standard InChI is InChI=1S/C18H20N2O6.ClH/c1-23-14-9-13(10-15(24-2)16(14)25-3)18(22)26-8-7-20-17(21)12-5-4-6-19-11-12;/h4-6,9-11H,7-8H2,1-3H3,(H,20,21);1H. The molecule has 0 atom stereocenters. The van der Waals surface area contributed by atoms with Crippen LogP contribution in [0.25, 0.3) is 0 Å². The Morgan fingerprint density at radius 2 is 1.70 bits per heavy atom. The van der Waals surface area contributed by atoms with Gasteiger partial charge in [-0.05, 0) is 24.3 Å². The van der Waals surface area contributed by atoms with Crippen LogP contribution in [-0.4, -0.2) is 51.3 Å². The first-order chi connectivity index (χ1) is 12.6. The first-order valence-electron chi connectivity index (χ1n) is 7.76. The lowest BCUT2D eigenvalue weighted by Crippen LogP contribution is -2.28. The molecule has 27 heavy (non-hydrogen) atoms. The van der Waals surface area contributed by atoms with Crippen LogP contribution in [0.3, 0.4) is 0 Å². The molecule has 1 amide bonds. The van der Waals surface area contributed by atoms with Gasteiger partial charge in [0, 0.05) is 12.4 Å². The molecule has 0 aliphatic carbocycles. The molecule has 0 spiro atoms. The number of ether oxygens (including phenoxy) is 4. The zero-order valence-electron chi connectivity index (χ0n) is 15.2. The molecule has 1 N–H and O–H groups in total. The molecule has 146 valence electrons. The van der Waals surface area contributed by atoms with Gasteiger partial charge in [0.05, 0.1) is 39.0 Å². The van der Waals surface area contributed by atoms with Crippen molar-refractivity contribution in [3.05, 3.63) is 47.8 Å². The second-order valence-electron chi connectivity index (χ2n) is 5.05. The van der Waals surface area contributed by atoms with Gasteiger partial charge in [0.15, 0.2) is 11.5 Å². The van der Waals surface area contributed by atoms with Crippen molar-refractivity contribution in [2.45, 2.75) is 0 Å². The first kappa shape index (κ1) is 22.0. The summed E-state index contributed by atoms with van der Waals surface area (Å²) < 4.78 is 20.8. The van der Waals surface area contributed by atoms with Crippen molar-refractivity contribution in [3.8, 4) is 17.2 Å². The summed E-state index contributed by atoms with van der Waals surface area (Å²) in [5.74, 6) is 0.226. The van der Waals surface area contributed by atoms with Crippen molar-refractivity contribution in [2.75, 3.05) is 34.5 Å². The predicted octanol–water partition coefficient (Wildman–Crippen LogP) is 2.12. The second kappa shape index (κ2) is 10.9. The van der Waals surface area contributed by atoms with Crippen LogP contribution in [-0.2, 0) is 4.74 Å². The van der Waals surface area contributed by atoms with Crippen molar-refractivity contribution in [1.82, 2.24) is 10.3 Å². The minimum atomic E-state index is -0.570. The largest absolute Gasteiger partial charge is 0.493 e. The van der Waals surface area contributed by atoms with Gasteiger partial charge < -0.3 is 24.3 Å². The number of aromatic nitrogens is 1. The quantitative estimate of drug-likeness (QED) is 0.539. The summed E-state index contributed by atoms with van der Waals surface area (Å²) in [6.45, 7) is 0.186. The maximum atomic E-state index is 12.2. The van der Waals surface area contributed by atoms with Gasteiger partial charge in [0.25, 0.3) is 5.91 Å². The third-order valence-corrected chi connectivity index (χ3v) is 3.44. The van der Waals surface area contributed by atoms with E-state index in [2.05, 4.69) is 10.3 Å². The Balaban J connectivity index is 0.00000364.